The lowest BCUT2D eigenvalue weighted by atomic mass is 10.1. The minimum Gasteiger partial charge on any atom is -0.458 e. The molecule has 2 unspecified atom stereocenters. The Balaban J connectivity index is 2.45. The van der Waals surface area contributed by atoms with E-state index in [9.17, 15) is 8.42 Å². The van der Waals surface area contributed by atoms with Gasteiger partial charge >= 0.3 is 0 Å². The molecule has 0 fully saturated rings. The summed E-state index contributed by atoms with van der Waals surface area (Å²) in [6, 6.07) is 6.97. The third kappa shape index (κ3) is 3.59. The maximum Gasteiger partial charge on any atom is 0.152 e. The highest BCUT2D eigenvalue weighted by Crippen LogP contribution is 2.31. The lowest BCUT2D eigenvalue weighted by molar-refractivity contribution is 0.418. The standard InChI is InChI=1S/C15H20ClNO3S/c1-4-8-17-14(10(2)21(3,18)19)13-9-11-6-5-7-12(16)15(11)20-13/h5-7,9-10,14,17H,4,8H2,1-3H3. The predicted octanol–water partition coefficient (Wildman–Crippen LogP) is 3.56. The molecule has 2 rings (SSSR count). The van der Waals surface area contributed by atoms with Crippen molar-refractivity contribution in [2.24, 2.45) is 0 Å². The molecule has 2 aromatic rings. The predicted molar refractivity (Wildman–Crippen MR) is 86.6 cm³/mol. The summed E-state index contributed by atoms with van der Waals surface area (Å²) in [5.41, 5.74) is 0.596. The number of sulfone groups is 1. The first-order valence-corrected chi connectivity index (χ1v) is 9.28. The number of rotatable bonds is 6. The molecule has 0 aliphatic carbocycles. The van der Waals surface area contributed by atoms with E-state index in [1.807, 2.05) is 25.1 Å². The molecule has 0 amide bonds. The summed E-state index contributed by atoms with van der Waals surface area (Å²) in [4.78, 5) is 0. The second-order valence-electron chi connectivity index (χ2n) is 5.27. The van der Waals surface area contributed by atoms with Gasteiger partial charge in [0.15, 0.2) is 15.4 Å². The number of fused-ring (bicyclic) bond motifs is 1. The van der Waals surface area contributed by atoms with Crippen molar-refractivity contribution in [2.75, 3.05) is 12.8 Å². The average molecular weight is 330 g/mol. The molecule has 0 aliphatic heterocycles. The number of benzene rings is 1. The van der Waals surface area contributed by atoms with Gasteiger partial charge in [-0.1, -0.05) is 30.7 Å². The summed E-state index contributed by atoms with van der Waals surface area (Å²) in [6.45, 7) is 4.44. The van der Waals surface area contributed by atoms with E-state index in [4.69, 9.17) is 16.0 Å². The molecule has 0 aliphatic rings. The Morgan fingerprint density at radius 1 is 1.38 bits per heavy atom. The van der Waals surface area contributed by atoms with Crippen LogP contribution >= 0.6 is 11.6 Å². The third-order valence-corrected chi connectivity index (χ3v) is 5.50. The first-order valence-electron chi connectivity index (χ1n) is 6.94. The van der Waals surface area contributed by atoms with Gasteiger partial charge < -0.3 is 9.73 Å². The average Bonchev–Trinajstić information content (AvgIpc) is 2.83. The summed E-state index contributed by atoms with van der Waals surface area (Å²) in [7, 11) is -3.18. The van der Waals surface area contributed by atoms with Gasteiger partial charge in [-0.15, -0.1) is 0 Å². The zero-order chi connectivity index (χ0) is 15.6. The van der Waals surface area contributed by atoms with Crippen LogP contribution in [0.25, 0.3) is 11.0 Å². The van der Waals surface area contributed by atoms with E-state index < -0.39 is 15.1 Å². The summed E-state index contributed by atoms with van der Waals surface area (Å²) in [6.07, 6.45) is 2.15. The summed E-state index contributed by atoms with van der Waals surface area (Å²) in [5.74, 6) is 0.601. The van der Waals surface area contributed by atoms with Crippen LogP contribution in [0.5, 0.6) is 0 Å². The van der Waals surface area contributed by atoms with E-state index in [1.165, 1.54) is 6.26 Å². The minimum absolute atomic E-state index is 0.386. The number of halogens is 1. The number of hydrogen-bond donors (Lipinski definition) is 1. The number of furan rings is 1. The molecule has 6 heteroatoms. The fourth-order valence-corrected chi connectivity index (χ4v) is 3.19. The van der Waals surface area contributed by atoms with Crippen LogP contribution in [0.1, 0.15) is 32.1 Å². The Bertz CT molecular complexity index is 724. The quantitative estimate of drug-likeness (QED) is 0.880. The largest absolute Gasteiger partial charge is 0.458 e. The normalized spacial score (nSPS) is 15.2. The van der Waals surface area contributed by atoms with Gasteiger partial charge in [-0.3, -0.25) is 0 Å². The molecule has 2 atom stereocenters. The molecule has 116 valence electrons. The molecule has 4 nitrogen and oxygen atoms in total. The summed E-state index contributed by atoms with van der Waals surface area (Å²) in [5, 5.41) is 4.08. The van der Waals surface area contributed by atoms with Gasteiger partial charge in [0.1, 0.15) is 5.76 Å². The molecular formula is C15H20ClNO3S. The number of nitrogens with one attached hydrogen (secondary N) is 1. The lowest BCUT2D eigenvalue weighted by Crippen LogP contribution is -2.35. The van der Waals surface area contributed by atoms with Crippen LogP contribution in [0.15, 0.2) is 28.7 Å². The Morgan fingerprint density at radius 2 is 2.10 bits per heavy atom. The second kappa shape index (κ2) is 6.38. The van der Waals surface area contributed by atoms with Crippen molar-refractivity contribution in [3.8, 4) is 0 Å². The van der Waals surface area contributed by atoms with Crippen molar-refractivity contribution >= 4 is 32.4 Å². The smallest absolute Gasteiger partial charge is 0.152 e. The summed E-state index contributed by atoms with van der Waals surface area (Å²) >= 11 is 6.12. The fourth-order valence-electron chi connectivity index (χ4n) is 2.25. The van der Waals surface area contributed by atoms with E-state index >= 15 is 0 Å². The van der Waals surface area contributed by atoms with E-state index in [-0.39, 0.29) is 6.04 Å². The van der Waals surface area contributed by atoms with Crippen molar-refractivity contribution < 1.29 is 12.8 Å². The van der Waals surface area contributed by atoms with E-state index in [0.717, 1.165) is 18.4 Å². The molecule has 1 heterocycles. The van der Waals surface area contributed by atoms with Gasteiger partial charge in [-0.25, -0.2) is 8.42 Å². The zero-order valence-corrected chi connectivity index (χ0v) is 14.0. The maximum atomic E-state index is 11.9. The Kier molecular flexibility index (Phi) is 4.96. The molecule has 0 radical (unpaired) electrons. The van der Waals surface area contributed by atoms with E-state index in [2.05, 4.69) is 5.32 Å². The first kappa shape index (κ1) is 16.3. The van der Waals surface area contributed by atoms with Crippen molar-refractivity contribution in [2.45, 2.75) is 31.6 Å². The molecule has 1 N–H and O–H groups in total. The zero-order valence-electron chi connectivity index (χ0n) is 12.4. The van der Waals surface area contributed by atoms with Gasteiger partial charge in [0.2, 0.25) is 0 Å². The van der Waals surface area contributed by atoms with Gasteiger partial charge in [0.25, 0.3) is 0 Å². The Morgan fingerprint density at radius 3 is 2.67 bits per heavy atom. The van der Waals surface area contributed by atoms with Crippen LogP contribution in [0, 0.1) is 0 Å². The van der Waals surface area contributed by atoms with E-state index in [0.29, 0.717) is 16.4 Å². The van der Waals surface area contributed by atoms with Crippen molar-refractivity contribution in [3.05, 3.63) is 35.0 Å². The molecule has 0 saturated heterocycles. The monoisotopic (exact) mass is 329 g/mol. The van der Waals surface area contributed by atoms with Crippen molar-refractivity contribution in [1.29, 1.82) is 0 Å². The molecule has 0 saturated carbocycles. The van der Waals surface area contributed by atoms with Crippen LogP contribution in [-0.4, -0.2) is 26.5 Å². The third-order valence-electron chi connectivity index (χ3n) is 3.58. The highest BCUT2D eigenvalue weighted by Gasteiger charge is 2.29. The van der Waals surface area contributed by atoms with Gasteiger partial charge in [-0.05, 0) is 32.0 Å². The maximum absolute atomic E-state index is 11.9. The molecule has 1 aromatic carbocycles. The van der Waals surface area contributed by atoms with Gasteiger partial charge in [0, 0.05) is 11.6 Å². The Hall–Kier alpha value is -1.04. The number of para-hydroxylation sites is 1. The second-order valence-corrected chi connectivity index (χ2v) is 8.08. The molecule has 0 spiro atoms. The van der Waals surface area contributed by atoms with Crippen LogP contribution in [0.2, 0.25) is 5.02 Å². The van der Waals surface area contributed by atoms with E-state index in [1.54, 1.807) is 13.0 Å². The first-order chi connectivity index (χ1) is 9.84. The molecule has 21 heavy (non-hydrogen) atoms. The number of hydrogen-bond acceptors (Lipinski definition) is 4. The fraction of sp³-hybridized carbons (Fsp3) is 0.467. The topological polar surface area (TPSA) is 59.3 Å². The highest BCUT2D eigenvalue weighted by molar-refractivity contribution is 7.91. The SMILES string of the molecule is CCCNC(c1cc2cccc(Cl)c2o1)C(C)S(C)(=O)=O. The lowest BCUT2D eigenvalue weighted by Gasteiger charge is -2.21. The van der Waals surface area contributed by atoms with Gasteiger partial charge in [-0.2, -0.15) is 0 Å². The molecule has 0 bridgehead atoms. The minimum atomic E-state index is -3.18. The van der Waals surface area contributed by atoms with Crippen LogP contribution in [0.3, 0.4) is 0 Å². The summed E-state index contributed by atoms with van der Waals surface area (Å²) < 4.78 is 29.6. The van der Waals surface area contributed by atoms with Crippen LogP contribution < -0.4 is 5.32 Å². The molecule has 1 aromatic heterocycles. The van der Waals surface area contributed by atoms with Crippen LogP contribution in [0.4, 0.5) is 0 Å². The molecular weight excluding hydrogens is 310 g/mol. The van der Waals surface area contributed by atoms with Gasteiger partial charge in [0.05, 0.1) is 16.3 Å². The Labute approximate surface area is 130 Å². The highest BCUT2D eigenvalue weighted by atomic mass is 35.5. The van der Waals surface area contributed by atoms with Crippen molar-refractivity contribution in [1.82, 2.24) is 5.32 Å². The van der Waals surface area contributed by atoms with Crippen molar-refractivity contribution in [3.63, 3.8) is 0 Å². The van der Waals surface area contributed by atoms with Crippen LogP contribution in [-0.2, 0) is 9.84 Å².